The lowest BCUT2D eigenvalue weighted by atomic mass is 10.2. The average Bonchev–Trinajstić information content (AvgIpc) is 2.71. The summed E-state index contributed by atoms with van der Waals surface area (Å²) in [5.74, 6) is 1.03. The highest BCUT2D eigenvalue weighted by atomic mass is 35.5. The van der Waals surface area contributed by atoms with Crippen molar-refractivity contribution in [1.29, 1.82) is 0 Å². The third-order valence-electron chi connectivity index (χ3n) is 3.91. The Morgan fingerprint density at radius 1 is 0.929 bits per heavy atom. The predicted molar refractivity (Wildman–Crippen MR) is 109 cm³/mol. The van der Waals surface area contributed by atoms with Crippen LogP contribution < -0.4 is 25.4 Å². The molecule has 0 saturated heterocycles. The van der Waals surface area contributed by atoms with Gasteiger partial charge in [-0.1, -0.05) is 11.6 Å². The summed E-state index contributed by atoms with van der Waals surface area (Å²) in [6.07, 6.45) is 0.280. The van der Waals surface area contributed by atoms with Gasteiger partial charge in [0, 0.05) is 36.6 Å². The maximum Gasteiger partial charge on any atom is 0.251 e. The zero-order valence-corrected chi connectivity index (χ0v) is 16.6. The molecule has 2 aromatic carbocycles. The number of ether oxygens (including phenoxy) is 2. The third kappa shape index (κ3) is 6.66. The molecule has 0 unspecified atom stereocenters. The molecular formula is C20H24ClN3O4. The molecule has 0 aliphatic heterocycles. The first kappa shape index (κ1) is 21.4. The molecule has 0 spiro atoms. The topological polar surface area (TPSA) is 88.7 Å². The van der Waals surface area contributed by atoms with E-state index in [9.17, 15) is 9.59 Å². The molecule has 0 radical (unpaired) electrons. The summed E-state index contributed by atoms with van der Waals surface area (Å²) < 4.78 is 10.3. The van der Waals surface area contributed by atoms with Gasteiger partial charge < -0.3 is 25.4 Å². The van der Waals surface area contributed by atoms with Crippen LogP contribution >= 0.6 is 11.6 Å². The van der Waals surface area contributed by atoms with Crippen LogP contribution in [-0.4, -0.2) is 45.7 Å². The molecule has 7 nitrogen and oxygen atoms in total. The molecule has 150 valence electrons. The van der Waals surface area contributed by atoms with Crippen molar-refractivity contribution in [1.82, 2.24) is 10.6 Å². The monoisotopic (exact) mass is 405 g/mol. The largest absolute Gasteiger partial charge is 0.497 e. The number of nitrogens with one attached hydrogen (secondary N) is 3. The second kappa shape index (κ2) is 11.0. The summed E-state index contributed by atoms with van der Waals surface area (Å²) in [5.41, 5.74) is 1.27. The fourth-order valence-electron chi connectivity index (χ4n) is 2.44. The van der Waals surface area contributed by atoms with Crippen LogP contribution in [0.15, 0.2) is 42.5 Å². The minimum absolute atomic E-state index is 0.118. The maximum atomic E-state index is 12.0. The zero-order chi connectivity index (χ0) is 20.4. The van der Waals surface area contributed by atoms with Gasteiger partial charge >= 0.3 is 0 Å². The molecule has 2 amide bonds. The summed E-state index contributed by atoms with van der Waals surface area (Å²) >= 11 is 5.97. The lowest BCUT2D eigenvalue weighted by Crippen LogP contribution is -2.35. The normalized spacial score (nSPS) is 10.1. The third-order valence-corrected chi connectivity index (χ3v) is 4.15. The van der Waals surface area contributed by atoms with E-state index in [0.29, 0.717) is 41.7 Å². The van der Waals surface area contributed by atoms with Gasteiger partial charge in [-0.2, -0.15) is 0 Å². The zero-order valence-electron chi connectivity index (χ0n) is 15.9. The van der Waals surface area contributed by atoms with Crippen molar-refractivity contribution in [3.63, 3.8) is 0 Å². The van der Waals surface area contributed by atoms with Gasteiger partial charge in [-0.15, -0.1) is 0 Å². The van der Waals surface area contributed by atoms with Gasteiger partial charge in [0.2, 0.25) is 5.91 Å². The van der Waals surface area contributed by atoms with Gasteiger partial charge in [0.15, 0.2) is 0 Å². The molecule has 0 saturated carbocycles. The maximum absolute atomic E-state index is 12.0. The van der Waals surface area contributed by atoms with Gasteiger partial charge in [-0.3, -0.25) is 9.59 Å². The number of anilines is 1. The van der Waals surface area contributed by atoms with Crippen molar-refractivity contribution < 1.29 is 19.1 Å². The predicted octanol–water partition coefficient (Wildman–Crippen LogP) is 2.71. The van der Waals surface area contributed by atoms with Crippen molar-refractivity contribution in [3.05, 3.63) is 53.1 Å². The standard InChI is InChI=1S/C20H24ClN3O4/c1-27-16-6-3-14(4-7-16)20(26)24-12-11-23-19(25)9-10-22-17-13-15(21)5-8-18(17)28-2/h3-8,13,22H,9-12H2,1-2H3,(H,23,25)(H,24,26). The first-order valence-electron chi connectivity index (χ1n) is 8.80. The molecule has 0 atom stereocenters. The van der Waals surface area contributed by atoms with Crippen LogP contribution in [0.1, 0.15) is 16.8 Å². The number of carbonyl (C=O) groups is 2. The first-order chi connectivity index (χ1) is 13.5. The SMILES string of the molecule is COc1ccc(C(=O)NCCNC(=O)CCNc2cc(Cl)ccc2OC)cc1. The van der Waals surface area contributed by atoms with Gasteiger partial charge in [-0.05, 0) is 42.5 Å². The van der Waals surface area contributed by atoms with Crippen LogP contribution in [0.4, 0.5) is 5.69 Å². The van der Waals surface area contributed by atoms with E-state index < -0.39 is 0 Å². The van der Waals surface area contributed by atoms with E-state index in [2.05, 4.69) is 16.0 Å². The number of carbonyl (C=O) groups excluding carboxylic acids is 2. The van der Waals surface area contributed by atoms with E-state index in [4.69, 9.17) is 21.1 Å². The van der Waals surface area contributed by atoms with E-state index in [1.807, 2.05) is 0 Å². The molecular weight excluding hydrogens is 382 g/mol. The fraction of sp³-hybridized carbons (Fsp3) is 0.300. The van der Waals surface area contributed by atoms with E-state index in [-0.39, 0.29) is 18.2 Å². The Hall–Kier alpha value is -2.93. The molecule has 0 aliphatic rings. The van der Waals surface area contributed by atoms with E-state index in [1.165, 1.54) is 0 Å². The summed E-state index contributed by atoms with van der Waals surface area (Å²) in [6, 6.07) is 12.0. The number of methoxy groups -OCH3 is 2. The summed E-state index contributed by atoms with van der Waals surface area (Å²) in [4.78, 5) is 23.9. The second-order valence-corrected chi connectivity index (χ2v) is 6.29. The molecule has 0 bridgehead atoms. The summed E-state index contributed by atoms with van der Waals surface area (Å²) in [5, 5.41) is 9.23. The van der Waals surface area contributed by atoms with Crippen molar-refractivity contribution in [2.75, 3.05) is 39.2 Å². The lowest BCUT2D eigenvalue weighted by molar-refractivity contribution is -0.120. The molecule has 3 N–H and O–H groups in total. The fourth-order valence-corrected chi connectivity index (χ4v) is 2.61. The molecule has 8 heteroatoms. The highest BCUT2D eigenvalue weighted by molar-refractivity contribution is 6.30. The van der Waals surface area contributed by atoms with Gasteiger partial charge in [0.1, 0.15) is 11.5 Å². The Labute approximate surface area is 169 Å². The molecule has 0 aromatic heterocycles. The Morgan fingerprint density at radius 2 is 1.64 bits per heavy atom. The van der Waals surface area contributed by atoms with Crippen LogP contribution in [0, 0.1) is 0 Å². The van der Waals surface area contributed by atoms with E-state index in [0.717, 1.165) is 5.69 Å². The smallest absolute Gasteiger partial charge is 0.251 e. The highest BCUT2D eigenvalue weighted by Gasteiger charge is 2.07. The van der Waals surface area contributed by atoms with Crippen molar-refractivity contribution in [3.8, 4) is 11.5 Å². The number of hydrogen-bond donors (Lipinski definition) is 3. The van der Waals surface area contributed by atoms with Gasteiger partial charge in [0.05, 0.1) is 19.9 Å². The number of benzene rings is 2. The number of rotatable bonds is 10. The van der Waals surface area contributed by atoms with Crippen LogP contribution in [0.5, 0.6) is 11.5 Å². The quantitative estimate of drug-likeness (QED) is 0.529. The van der Waals surface area contributed by atoms with E-state index in [1.54, 1.807) is 56.7 Å². The Balaban J connectivity index is 1.64. The van der Waals surface area contributed by atoms with E-state index >= 15 is 0 Å². The Kier molecular flexibility index (Phi) is 8.42. The van der Waals surface area contributed by atoms with Crippen molar-refractivity contribution in [2.24, 2.45) is 0 Å². The van der Waals surface area contributed by atoms with Gasteiger partial charge in [-0.25, -0.2) is 0 Å². The molecule has 0 fully saturated rings. The number of amides is 2. The molecule has 28 heavy (non-hydrogen) atoms. The molecule has 2 rings (SSSR count). The second-order valence-electron chi connectivity index (χ2n) is 5.86. The number of hydrogen-bond acceptors (Lipinski definition) is 5. The number of halogens is 1. The van der Waals surface area contributed by atoms with Crippen molar-refractivity contribution in [2.45, 2.75) is 6.42 Å². The molecule has 0 aliphatic carbocycles. The average molecular weight is 406 g/mol. The van der Waals surface area contributed by atoms with Crippen molar-refractivity contribution >= 4 is 29.1 Å². The van der Waals surface area contributed by atoms with Crippen LogP contribution in [0.3, 0.4) is 0 Å². The Morgan fingerprint density at radius 3 is 2.32 bits per heavy atom. The molecule has 2 aromatic rings. The molecule has 0 heterocycles. The van der Waals surface area contributed by atoms with Crippen LogP contribution in [-0.2, 0) is 4.79 Å². The summed E-state index contributed by atoms with van der Waals surface area (Å²) in [6.45, 7) is 1.12. The highest BCUT2D eigenvalue weighted by Crippen LogP contribution is 2.27. The summed E-state index contributed by atoms with van der Waals surface area (Å²) in [7, 11) is 3.14. The van der Waals surface area contributed by atoms with Gasteiger partial charge in [0.25, 0.3) is 5.91 Å². The van der Waals surface area contributed by atoms with Crippen LogP contribution in [0.25, 0.3) is 0 Å². The minimum Gasteiger partial charge on any atom is -0.497 e. The van der Waals surface area contributed by atoms with Crippen LogP contribution in [0.2, 0.25) is 5.02 Å². The first-order valence-corrected chi connectivity index (χ1v) is 9.17. The minimum atomic E-state index is -0.202. The Bertz CT molecular complexity index is 797. The lowest BCUT2D eigenvalue weighted by Gasteiger charge is -2.12.